The minimum absolute atomic E-state index is 0.195. The number of rotatable bonds is 5. The van der Waals surface area contributed by atoms with Gasteiger partial charge in [0.2, 0.25) is 5.91 Å². The van der Waals surface area contributed by atoms with Crippen molar-refractivity contribution in [3.8, 4) is 5.69 Å². The van der Waals surface area contributed by atoms with E-state index in [1.165, 1.54) is 23.1 Å². The molecule has 7 nitrogen and oxygen atoms in total. The fraction of sp³-hybridized carbons (Fsp3) is 0.300. The summed E-state index contributed by atoms with van der Waals surface area (Å²) < 4.78 is 43.5. The molecule has 1 amide bonds. The molecule has 1 aromatic heterocycles. The predicted molar refractivity (Wildman–Crippen MR) is 103 cm³/mol. The molecule has 0 aliphatic carbocycles. The van der Waals surface area contributed by atoms with E-state index in [2.05, 4.69) is 20.8 Å². The highest BCUT2D eigenvalue weighted by molar-refractivity contribution is 5.96. The van der Waals surface area contributed by atoms with Gasteiger partial charge in [0.05, 0.1) is 5.69 Å². The fourth-order valence-corrected chi connectivity index (χ4v) is 3.64. The third-order valence-corrected chi connectivity index (χ3v) is 5.31. The average Bonchev–Trinajstić information content (AvgIpc) is 3.40. The zero-order chi connectivity index (χ0) is 21.2. The zero-order valence-corrected chi connectivity index (χ0v) is 15.9. The van der Waals surface area contributed by atoms with Crippen LogP contribution in [-0.2, 0) is 11.3 Å². The van der Waals surface area contributed by atoms with Crippen molar-refractivity contribution in [3.05, 3.63) is 66.5 Å². The monoisotopic (exact) mass is 416 g/mol. The maximum Gasteiger partial charge on any atom is 0.404 e. The number of alkyl halides is 3. The van der Waals surface area contributed by atoms with Gasteiger partial charge < -0.3 is 5.32 Å². The normalized spacial score (nSPS) is 19.7. The molecule has 1 N–H and O–H groups in total. The first-order valence-electron chi connectivity index (χ1n) is 9.35. The van der Waals surface area contributed by atoms with Gasteiger partial charge in [0.15, 0.2) is 5.41 Å². The molecule has 1 fully saturated rings. The number of anilines is 1. The van der Waals surface area contributed by atoms with Crippen molar-refractivity contribution in [3.63, 3.8) is 0 Å². The van der Waals surface area contributed by atoms with Crippen molar-refractivity contribution in [2.75, 3.05) is 18.4 Å². The van der Waals surface area contributed by atoms with Gasteiger partial charge in [0.25, 0.3) is 0 Å². The second kappa shape index (κ2) is 7.86. The number of likely N-dealkylation sites (tertiary alicyclic amines) is 1. The van der Waals surface area contributed by atoms with Gasteiger partial charge in [-0.1, -0.05) is 30.3 Å². The van der Waals surface area contributed by atoms with Crippen LogP contribution in [0.15, 0.2) is 60.9 Å². The number of hydrogen-bond donors (Lipinski definition) is 1. The highest BCUT2D eigenvalue weighted by Gasteiger charge is 2.62. The maximum absolute atomic E-state index is 14.0. The summed E-state index contributed by atoms with van der Waals surface area (Å²) in [7, 11) is 0. The molecule has 3 aromatic rings. The Labute approximate surface area is 170 Å². The Morgan fingerprint density at radius 1 is 1.10 bits per heavy atom. The van der Waals surface area contributed by atoms with Crippen LogP contribution in [0.4, 0.5) is 18.9 Å². The molecule has 1 saturated heterocycles. The minimum Gasteiger partial charge on any atom is -0.325 e. The van der Waals surface area contributed by atoms with Crippen LogP contribution in [0.5, 0.6) is 0 Å². The second-order valence-electron chi connectivity index (χ2n) is 7.28. The van der Waals surface area contributed by atoms with E-state index in [4.69, 9.17) is 0 Å². The first kappa shape index (κ1) is 20.0. The summed E-state index contributed by atoms with van der Waals surface area (Å²) in [6.07, 6.45) is -3.54. The summed E-state index contributed by atoms with van der Waals surface area (Å²) in [4.78, 5) is 14.5. The molecule has 0 bridgehead atoms. The molecule has 10 heteroatoms. The number of tetrazole rings is 1. The summed E-state index contributed by atoms with van der Waals surface area (Å²) in [6, 6.07) is 15.5. The molecule has 2 heterocycles. The van der Waals surface area contributed by atoms with E-state index in [1.807, 2.05) is 30.3 Å². The van der Waals surface area contributed by atoms with E-state index in [1.54, 1.807) is 17.0 Å². The molecular weight excluding hydrogens is 397 g/mol. The minimum atomic E-state index is -4.66. The third-order valence-electron chi connectivity index (χ3n) is 5.31. The molecule has 1 unspecified atom stereocenters. The van der Waals surface area contributed by atoms with Crippen molar-refractivity contribution < 1.29 is 18.0 Å². The molecule has 1 atom stereocenters. The number of carbonyl (C=O) groups is 1. The van der Waals surface area contributed by atoms with Crippen LogP contribution in [0.2, 0.25) is 0 Å². The van der Waals surface area contributed by atoms with Gasteiger partial charge in [-0.25, -0.2) is 4.68 Å². The van der Waals surface area contributed by atoms with Crippen LogP contribution in [0, 0.1) is 5.41 Å². The van der Waals surface area contributed by atoms with E-state index in [9.17, 15) is 18.0 Å². The zero-order valence-electron chi connectivity index (χ0n) is 15.9. The number of amides is 1. The Morgan fingerprint density at radius 2 is 1.83 bits per heavy atom. The summed E-state index contributed by atoms with van der Waals surface area (Å²) >= 11 is 0. The summed E-state index contributed by atoms with van der Waals surface area (Å²) in [5, 5.41) is 13.2. The standard InChI is InChI=1S/C20H19F3N6O/c21-20(22,23)19(10-11-28(13-19)12-15-4-2-1-3-5-15)18(30)25-16-6-8-17(9-7-16)29-14-24-26-27-29/h1-9,14H,10-13H2,(H,25,30). The number of nitrogens with one attached hydrogen (secondary N) is 1. The Bertz CT molecular complexity index is 992. The Kier molecular flexibility index (Phi) is 5.25. The fourth-order valence-electron chi connectivity index (χ4n) is 3.64. The molecule has 0 saturated carbocycles. The predicted octanol–water partition coefficient (Wildman–Crippen LogP) is 3.06. The van der Waals surface area contributed by atoms with Gasteiger partial charge in [0, 0.05) is 18.8 Å². The Balaban J connectivity index is 1.49. The highest BCUT2D eigenvalue weighted by atomic mass is 19.4. The third kappa shape index (κ3) is 3.90. The van der Waals surface area contributed by atoms with Crippen LogP contribution >= 0.6 is 0 Å². The molecule has 30 heavy (non-hydrogen) atoms. The first-order valence-corrected chi connectivity index (χ1v) is 9.35. The van der Waals surface area contributed by atoms with E-state index in [0.717, 1.165) is 5.56 Å². The van der Waals surface area contributed by atoms with Crippen molar-refractivity contribution in [1.29, 1.82) is 0 Å². The SMILES string of the molecule is O=C(Nc1ccc(-n2cnnn2)cc1)C1(C(F)(F)F)CCN(Cc2ccccc2)C1. The average molecular weight is 416 g/mol. The molecule has 1 aliphatic rings. The number of halogens is 3. The molecule has 0 spiro atoms. The van der Waals surface area contributed by atoms with Gasteiger partial charge in [-0.2, -0.15) is 13.2 Å². The molecule has 1 aliphatic heterocycles. The number of carbonyl (C=O) groups excluding carboxylic acids is 1. The lowest BCUT2D eigenvalue weighted by molar-refractivity contribution is -0.215. The Morgan fingerprint density at radius 3 is 2.47 bits per heavy atom. The molecule has 2 aromatic carbocycles. The van der Waals surface area contributed by atoms with Gasteiger partial charge in [-0.15, -0.1) is 5.10 Å². The topological polar surface area (TPSA) is 75.9 Å². The van der Waals surface area contributed by atoms with Crippen LogP contribution in [0.25, 0.3) is 5.69 Å². The molecule has 156 valence electrons. The van der Waals surface area contributed by atoms with Crippen LogP contribution in [-0.4, -0.2) is 50.3 Å². The second-order valence-corrected chi connectivity index (χ2v) is 7.28. The van der Waals surface area contributed by atoms with E-state index < -0.39 is 17.5 Å². The molecule has 0 radical (unpaired) electrons. The largest absolute Gasteiger partial charge is 0.404 e. The molecule has 4 rings (SSSR count). The van der Waals surface area contributed by atoms with E-state index >= 15 is 0 Å². The van der Waals surface area contributed by atoms with E-state index in [0.29, 0.717) is 12.2 Å². The smallest absolute Gasteiger partial charge is 0.325 e. The summed E-state index contributed by atoms with van der Waals surface area (Å²) in [5.74, 6) is -1.04. The van der Waals surface area contributed by atoms with E-state index in [-0.39, 0.29) is 25.2 Å². The quantitative estimate of drug-likeness (QED) is 0.692. The lowest BCUT2D eigenvalue weighted by Gasteiger charge is -2.30. The maximum atomic E-state index is 14.0. The van der Waals surface area contributed by atoms with Gasteiger partial charge >= 0.3 is 6.18 Å². The number of aromatic nitrogens is 4. The highest BCUT2D eigenvalue weighted by Crippen LogP contribution is 2.46. The number of benzene rings is 2. The van der Waals surface area contributed by atoms with Crippen LogP contribution < -0.4 is 5.32 Å². The molecular formula is C20H19F3N6O. The number of hydrogen-bond acceptors (Lipinski definition) is 5. The van der Waals surface area contributed by atoms with Crippen molar-refractivity contribution >= 4 is 11.6 Å². The Hall–Kier alpha value is -3.27. The van der Waals surface area contributed by atoms with Crippen LogP contribution in [0.3, 0.4) is 0 Å². The van der Waals surface area contributed by atoms with Gasteiger partial charge in [-0.3, -0.25) is 9.69 Å². The number of nitrogens with zero attached hydrogens (tertiary/aromatic N) is 5. The summed E-state index contributed by atoms with van der Waals surface area (Å²) in [5.41, 5.74) is -0.634. The van der Waals surface area contributed by atoms with Gasteiger partial charge in [-0.05, 0) is 53.2 Å². The lowest BCUT2D eigenvalue weighted by atomic mass is 9.85. The van der Waals surface area contributed by atoms with Crippen molar-refractivity contribution in [2.45, 2.75) is 19.1 Å². The summed E-state index contributed by atoms with van der Waals surface area (Å²) in [6.45, 7) is 0.187. The lowest BCUT2D eigenvalue weighted by Crippen LogP contribution is -2.49. The van der Waals surface area contributed by atoms with Gasteiger partial charge in [0.1, 0.15) is 6.33 Å². The first-order chi connectivity index (χ1) is 14.4. The van der Waals surface area contributed by atoms with Crippen LogP contribution in [0.1, 0.15) is 12.0 Å². The van der Waals surface area contributed by atoms with Crippen molar-refractivity contribution in [2.24, 2.45) is 5.41 Å². The van der Waals surface area contributed by atoms with Crippen molar-refractivity contribution in [1.82, 2.24) is 25.1 Å².